The zero-order chi connectivity index (χ0) is 8.73. The summed E-state index contributed by atoms with van der Waals surface area (Å²) in [5, 5.41) is -1.07. The molecule has 0 atom stereocenters. The van der Waals surface area contributed by atoms with E-state index in [2.05, 4.69) is 31.0 Å². The van der Waals surface area contributed by atoms with Crippen molar-refractivity contribution >= 4 is 35.7 Å². The second-order valence-corrected chi connectivity index (χ2v) is 2.23. The Labute approximate surface area is 148 Å². The first-order valence-electron chi connectivity index (χ1n) is 2.22. The van der Waals surface area contributed by atoms with Gasteiger partial charge < -0.3 is 45.5 Å². The van der Waals surface area contributed by atoms with E-state index in [1.165, 1.54) is 4.90 Å². The van der Waals surface area contributed by atoms with E-state index in [-0.39, 0.29) is 86.2 Å². The van der Waals surface area contributed by atoms with Crippen molar-refractivity contribution in [1.82, 2.24) is 4.90 Å². The van der Waals surface area contributed by atoms with Gasteiger partial charge in [-0.15, -0.1) is 0 Å². The monoisotopic (exact) mass is 242 g/mol. The largest absolute Gasteiger partial charge is 1.00 e. The number of nitrogens with two attached hydrogens (primary N) is 1. The van der Waals surface area contributed by atoms with Crippen LogP contribution >= 0.6 is 0 Å². The molecule has 0 aliphatic heterocycles. The van der Waals surface area contributed by atoms with Gasteiger partial charge in [-0.05, 0) is 0 Å². The van der Waals surface area contributed by atoms with Crippen molar-refractivity contribution in [2.45, 2.75) is 0 Å². The molecule has 0 radical (unpaired) electrons. The van der Waals surface area contributed by atoms with Crippen molar-refractivity contribution in [1.29, 1.82) is 0 Å². The van der Waals surface area contributed by atoms with Crippen molar-refractivity contribution < 1.29 is 90.5 Å². The van der Waals surface area contributed by atoms with Crippen molar-refractivity contribution in [3.8, 4) is 0 Å². The zero-order valence-corrected chi connectivity index (χ0v) is 14.4. The average molecular weight is 242 g/mol. The van der Waals surface area contributed by atoms with Crippen LogP contribution in [0.3, 0.4) is 0 Å². The molecule has 0 saturated heterocycles. The van der Waals surface area contributed by atoms with Crippen LogP contribution in [-0.2, 0) is 25.3 Å². The first kappa shape index (κ1) is 23.7. The summed E-state index contributed by atoms with van der Waals surface area (Å²) in [7, 11) is 3.24. The Balaban J connectivity index is -0.0000000483. The Hall–Kier alpha value is 2.02. The van der Waals surface area contributed by atoms with Crippen molar-refractivity contribution in [3.05, 3.63) is 0 Å². The second-order valence-electron chi connectivity index (χ2n) is 1.48. The molecule has 0 bridgehead atoms. The summed E-state index contributed by atoms with van der Waals surface area (Å²) in [5.74, 6) is 0. The molecular formula is C4H8KN2NaO2S2. The summed E-state index contributed by atoms with van der Waals surface area (Å²) >= 11 is 7.95. The van der Waals surface area contributed by atoms with Crippen LogP contribution in [0.1, 0.15) is 0 Å². The number of primary amides is 1. The van der Waals surface area contributed by atoms with Gasteiger partial charge in [0.2, 0.25) is 0 Å². The molecule has 0 spiro atoms. The molecule has 0 heterocycles. The number of hydrogen-bond acceptors (Lipinski definition) is 4. The molecule has 0 fully saturated rings. The van der Waals surface area contributed by atoms with Crippen LogP contribution in [0, 0.1) is 0 Å². The van der Waals surface area contributed by atoms with Gasteiger partial charge in [-0.25, -0.2) is 0 Å². The summed E-state index contributed by atoms with van der Waals surface area (Å²) in [6.07, 6.45) is 0. The van der Waals surface area contributed by atoms with E-state index in [1.807, 2.05) is 0 Å². The second kappa shape index (κ2) is 15.5. The number of amides is 2. The van der Waals surface area contributed by atoms with Gasteiger partial charge in [-0.2, -0.15) is 0 Å². The molecule has 0 aromatic rings. The van der Waals surface area contributed by atoms with Crippen molar-refractivity contribution in [2.75, 3.05) is 14.1 Å². The summed E-state index contributed by atoms with van der Waals surface area (Å²) in [4.78, 5) is 20.3. The fraction of sp³-hybridized carbons (Fsp3) is 0.500. The number of hydrogen-bond donors (Lipinski definition) is 1. The minimum Gasteiger partial charge on any atom is -0.719 e. The third-order valence-corrected chi connectivity index (χ3v) is 0.730. The third-order valence-electron chi connectivity index (χ3n) is 0.365. The maximum atomic E-state index is 9.88. The van der Waals surface area contributed by atoms with Gasteiger partial charge in [0.15, 0.2) is 0 Å². The molecular weight excluding hydrogens is 234 g/mol. The van der Waals surface area contributed by atoms with Gasteiger partial charge in [-0.1, -0.05) is 0 Å². The van der Waals surface area contributed by atoms with Gasteiger partial charge in [0.25, 0.3) is 0 Å². The SMILES string of the molecule is CN(C)C(=O)[S-].NC(=O)[S-].[K+].[Na+]. The first-order valence-corrected chi connectivity index (χ1v) is 3.04. The van der Waals surface area contributed by atoms with Crippen molar-refractivity contribution in [3.63, 3.8) is 0 Å². The van der Waals surface area contributed by atoms with E-state index in [0.29, 0.717) is 0 Å². The average Bonchev–Trinajstić information content (AvgIpc) is 1.63. The van der Waals surface area contributed by atoms with E-state index in [0.717, 1.165) is 0 Å². The Kier molecular flexibility index (Phi) is 30.5. The molecule has 0 aliphatic carbocycles. The third kappa shape index (κ3) is 40.3. The summed E-state index contributed by atoms with van der Waals surface area (Å²) < 4.78 is 0. The van der Waals surface area contributed by atoms with Gasteiger partial charge in [0.1, 0.15) is 5.24 Å². The van der Waals surface area contributed by atoms with Gasteiger partial charge in [0, 0.05) is 14.1 Å². The molecule has 0 aromatic carbocycles. The number of rotatable bonds is 0. The molecule has 2 N–H and O–H groups in total. The molecule has 0 saturated carbocycles. The van der Waals surface area contributed by atoms with E-state index < -0.39 is 5.24 Å². The minimum atomic E-state index is -0.750. The van der Waals surface area contributed by atoms with E-state index in [9.17, 15) is 4.79 Å². The maximum absolute atomic E-state index is 9.88. The van der Waals surface area contributed by atoms with E-state index in [4.69, 9.17) is 4.79 Å². The fourth-order valence-electron chi connectivity index (χ4n) is 0. The Morgan fingerprint density at radius 3 is 1.33 bits per heavy atom. The van der Waals surface area contributed by atoms with Crippen molar-refractivity contribution in [2.24, 2.45) is 5.73 Å². The van der Waals surface area contributed by atoms with Crippen LogP contribution in [0.15, 0.2) is 0 Å². The smallest absolute Gasteiger partial charge is 0.719 e. The van der Waals surface area contributed by atoms with Crippen LogP contribution in [0.5, 0.6) is 0 Å². The Bertz CT molecular complexity index is 132. The maximum Gasteiger partial charge on any atom is 1.00 e. The Morgan fingerprint density at radius 1 is 1.25 bits per heavy atom. The molecule has 2 amide bonds. The van der Waals surface area contributed by atoms with Crippen LogP contribution in [0.25, 0.3) is 0 Å². The molecule has 0 aromatic heterocycles. The van der Waals surface area contributed by atoms with Crippen LogP contribution < -0.4 is 86.7 Å². The van der Waals surface area contributed by atoms with Crippen LogP contribution in [-0.4, -0.2) is 29.5 Å². The minimum absolute atomic E-state index is 0. The molecule has 12 heavy (non-hydrogen) atoms. The normalized spacial score (nSPS) is 5.83. The molecule has 60 valence electrons. The molecule has 0 unspecified atom stereocenters. The van der Waals surface area contributed by atoms with Gasteiger partial charge in [-0.3, -0.25) is 0 Å². The van der Waals surface area contributed by atoms with E-state index in [1.54, 1.807) is 14.1 Å². The quantitative estimate of drug-likeness (QED) is 0.339. The molecule has 0 aliphatic rings. The predicted octanol–water partition coefficient (Wildman–Crippen LogP) is -6.17. The number of carbonyl (C=O) groups is 2. The topological polar surface area (TPSA) is 63.4 Å². The molecule has 8 heteroatoms. The fourth-order valence-corrected chi connectivity index (χ4v) is 0. The van der Waals surface area contributed by atoms with Crippen LogP contribution in [0.4, 0.5) is 9.59 Å². The van der Waals surface area contributed by atoms with Gasteiger partial charge in [0.05, 0.1) is 5.24 Å². The zero-order valence-electron chi connectivity index (χ0n) is 7.66. The molecule has 4 nitrogen and oxygen atoms in total. The van der Waals surface area contributed by atoms with Crippen LogP contribution in [0.2, 0.25) is 0 Å². The predicted molar refractivity (Wildman–Crippen MR) is 43.4 cm³/mol. The summed E-state index contributed by atoms with van der Waals surface area (Å²) in [5.41, 5.74) is 4.29. The number of nitrogens with zero attached hydrogens (tertiary/aromatic N) is 1. The van der Waals surface area contributed by atoms with Gasteiger partial charge >= 0.3 is 80.9 Å². The summed E-state index contributed by atoms with van der Waals surface area (Å²) in [6.45, 7) is 0. The number of carbonyl (C=O) groups excluding carboxylic acids is 2. The molecule has 0 rings (SSSR count). The van der Waals surface area contributed by atoms with E-state index >= 15 is 0 Å². The Morgan fingerprint density at radius 2 is 1.33 bits per heavy atom. The summed E-state index contributed by atoms with van der Waals surface area (Å²) in [6, 6.07) is 0. The standard InChI is InChI=1S/C3H7NOS.CH3NOS.K.Na/c1-4(2)3(5)6;2-1(3)4;;/h1-2H3,(H,5,6);(H3,2,3,4);;/q;;2*+1/p-2. The first-order chi connectivity index (χ1) is 4.37.